The Morgan fingerprint density at radius 2 is 2.28 bits per heavy atom. The average molecular weight is 249 g/mol. The van der Waals surface area contributed by atoms with Gasteiger partial charge in [0.2, 0.25) is 5.91 Å². The average Bonchev–Trinajstić information content (AvgIpc) is 2.78. The van der Waals surface area contributed by atoms with E-state index in [2.05, 4.69) is 9.88 Å². The third-order valence-corrected chi connectivity index (χ3v) is 3.13. The van der Waals surface area contributed by atoms with Crippen LogP contribution in [0, 0.1) is 5.92 Å². The predicted molar refractivity (Wildman–Crippen MR) is 63.8 cm³/mol. The molecule has 6 heteroatoms. The number of hydrogen-bond donors (Lipinski definition) is 2. The second-order valence-corrected chi connectivity index (χ2v) is 4.47. The molecule has 1 fully saturated rings. The van der Waals surface area contributed by atoms with Gasteiger partial charge in [0.1, 0.15) is 0 Å². The number of rotatable bonds is 4. The van der Waals surface area contributed by atoms with Gasteiger partial charge in [-0.2, -0.15) is 0 Å². The summed E-state index contributed by atoms with van der Waals surface area (Å²) in [5, 5.41) is 8.75. The molecule has 96 valence electrons. The van der Waals surface area contributed by atoms with E-state index >= 15 is 0 Å². The van der Waals surface area contributed by atoms with Crippen LogP contribution in [0.4, 0.5) is 0 Å². The first-order chi connectivity index (χ1) is 8.56. The van der Waals surface area contributed by atoms with Crippen LogP contribution >= 0.6 is 0 Å². The quantitative estimate of drug-likeness (QED) is 0.788. The Labute approximate surface area is 104 Å². The molecule has 0 spiro atoms. The van der Waals surface area contributed by atoms with Gasteiger partial charge in [0, 0.05) is 19.3 Å². The Morgan fingerprint density at radius 1 is 1.50 bits per heavy atom. The smallest absolute Gasteiger partial charge is 0.337 e. The molecule has 0 aromatic carbocycles. The molecule has 6 nitrogen and oxygen atoms in total. The summed E-state index contributed by atoms with van der Waals surface area (Å²) >= 11 is 0. The number of nitrogens with two attached hydrogens (primary N) is 1. The van der Waals surface area contributed by atoms with Crippen molar-refractivity contribution in [3.8, 4) is 0 Å². The zero-order valence-corrected chi connectivity index (χ0v) is 9.87. The van der Waals surface area contributed by atoms with E-state index in [1.807, 2.05) is 0 Å². The fraction of sp³-hybridized carbons (Fsp3) is 0.417. The van der Waals surface area contributed by atoms with Gasteiger partial charge >= 0.3 is 5.97 Å². The van der Waals surface area contributed by atoms with Crippen molar-refractivity contribution in [1.29, 1.82) is 0 Å². The maximum Gasteiger partial charge on any atom is 0.337 e. The molecule has 0 saturated carbocycles. The Kier molecular flexibility index (Phi) is 3.57. The van der Waals surface area contributed by atoms with E-state index < -0.39 is 5.97 Å². The van der Waals surface area contributed by atoms with Gasteiger partial charge < -0.3 is 10.8 Å². The molecule has 18 heavy (non-hydrogen) atoms. The fourth-order valence-electron chi connectivity index (χ4n) is 2.08. The van der Waals surface area contributed by atoms with Crippen molar-refractivity contribution in [2.24, 2.45) is 11.7 Å². The number of nitrogens with zero attached hydrogens (tertiary/aromatic N) is 2. The number of carbonyl (C=O) groups is 2. The van der Waals surface area contributed by atoms with Crippen molar-refractivity contribution >= 4 is 11.9 Å². The second kappa shape index (κ2) is 5.14. The van der Waals surface area contributed by atoms with Crippen LogP contribution in [0.5, 0.6) is 0 Å². The highest BCUT2D eigenvalue weighted by atomic mass is 16.4. The number of aromatic nitrogens is 1. The van der Waals surface area contributed by atoms with E-state index in [9.17, 15) is 9.59 Å². The Balaban J connectivity index is 1.94. The van der Waals surface area contributed by atoms with Gasteiger partial charge in [0.15, 0.2) is 0 Å². The van der Waals surface area contributed by atoms with Crippen LogP contribution in [0.1, 0.15) is 22.5 Å². The molecule has 1 unspecified atom stereocenters. The summed E-state index contributed by atoms with van der Waals surface area (Å²) in [6, 6.07) is 3.23. The Hall–Kier alpha value is -1.95. The van der Waals surface area contributed by atoms with Gasteiger partial charge in [-0.05, 0) is 25.1 Å². The minimum atomic E-state index is -0.982. The molecule has 0 radical (unpaired) electrons. The van der Waals surface area contributed by atoms with Crippen LogP contribution in [0.3, 0.4) is 0 Å². The standard InChI is InChI=1S/C12H15N3O3/c13-11(16)9-3-4-15(6-9)7-10-2-1-8(5-14-10)12(17)18/h1-2,5,9H,3-4,6-7H2,(H2,13,16)(H,17,18). The molecule has 1 aliphatic heterocycles. The minimum Gasteiger partial charge on any atom is -0.478 e. The highest BCUT2D eigenvalue weighted by Crippen LogP contribution is 2.17. The van der Waals surface area contributed by atoms with Crippen LogP contribution < -0.4 is 5.73 Å². The summed E-state index contributed by atoms with van der Waals surface area (Å²) in [6.07, 6.45) is 2.13. The van der Waals surface area contributed by atoms with Crippen LogP contribution in [-0.2, 0) is 11.3 Å². The lowest BCUT2D eigenvalue weighted by Crippen LogP contribution is -2.27. The van der Waals surface area contributed by atoms with Gasteiger partial charge in [0.25, 0.3) is 0 Å². The van der Waals surface area contributed by atoms with Crippen LogP contribution in [0.15, 0.2) is 18.3 Å². The topological polar surface area (TPSA) is 96.5 Å². The Bertz CT molecular complexity index is 458. The zero-order chi connectivity index (χ0) is 13.1. The number of primary amides is 1. The first-order valence-corrected chi connectivity index (χ1v) is 5.76. The molecule has 0 bridgehead atoms. The SMILES string of the molecule is NC(=O)C1CCN(Cc2ccc(C(=O)O)cn2)C1. The molecule has 1 aromatic heterocycles. The van der Waals surface area contributed by atoms with Gasteiger partial charge in [-0.25, -0.2) is 4.79 Å². The van der Waals surface area contributed by atoms with E-state index in [0.717, 1.165) is 18.7 Å². The van der Waals surface area contributed by atoms with Crippen molar-refractivity contribution in [3.63, 3.8) is 0 Å². The summed E-state index contributed by atoms with van der Waals surface area (Å²) in [5.41, 5.74) is 6.23. The third-order valence-electron chi connectivity index (χ3n) is 3.13. The molecule has 1 aromatic rings. The maximum atomic E-state index is 11.0. The van der Waals surface area contributed by atoms with E-state index in [1.165, 1.54) is 12.3 Å². The summed E-state index contributed by atoms with van der Waals surface area (Å²) in [6.45, 7) is 2.08. The molecule has 3 N–H and O–H groups in total. The fourth-order valence-corrected chi connectivity index (χ4v) is 2.08. The number of aromatic carboxylic acids is 1. The number of carboxylic acids is 1. The van der Waals surface area contributed by atoms with Gasteiger partial charge in [0.05, 0.1) is 17.2 Å². The van der Waals surface area contributed by atoms with E-state index in [4.69, 9.17) is 10.8 Å². The number of likely N-dealkylation sites (tertiary alicyclic amines) is 1. The summed E-state index contributed by atoms with van der Waals surface area (Å²) in [7, 11) is 0. The third kappa shape index (κ3) is 2.84. The number of carbonyl (C=O) groups excluding carboxylic acids is 1. The molecule has 2 heterocycles. The maximum absolute atomic E-state index is 11.0. The van der Waals surface area contributed by atoms with E-state index in [1.54, 1.807) is 6.07 Å². The Morgan fingerprint density at radius 3 is 2.78 bits per heavy atom. The van der Waals surface area contributed by atoms with Crippen molar-refractivity contribution in [2.75, 3.05) is 13.1 Å². The lowest BCUT2D eigenvalue weighted by molar-refractivity contribution is -0.121. The van der Waals surface area contributed by atoms with E-state index in [0.29, 0.717) is 13.1 Å². The van der Waals surface area contributed by atoms with Gasteiger partial charge in [-0.1, -0.05) is 0 Å². The lowest BCUT2D eigenvalue weighted by atomic mass is 10.1. The zero-order valence-electron chi connectivity index (χ0n) is 9.87. The predicted octanol–water partition coefficient (Wildman–Crippen LogP) is 0.0870. The molecular formula is C12H15N3O3. The minimum absolute atomic E-state index is 0.0803. The number of amides is 1. The van der Waals surface area contributed by atoms with Crippen LogP contribution in [-0.4, -0.2) is 40.0 Å². The summed E-state index contributed by atoms with van der Waals surface area (Å²) in [5.74, 6) is -1.32. The summed E-state index contributed by atoms with van der Waals surface area (Å²) in [4.78, 5) is 27.9. The molecule has 1 saturated heterocycles. The normalized spacial score (nSPS) is 19.9. The number of pyridine rings is 1. The number of hydrogen-bond acceptors (Lipinski definition) is 4. The molecular weight excluding hydrogens is 234 g/mol. The first-order valence-electron chi connectivity index (χ1n) is 5.76. The second-order valence-electron chi connectivity index (χ2n) is 4.47. The van der Waals surface area contributed by atoms with E-state index in [-0.39, 0.29) is 17.4 Å². The van der Waals surface area contributed by atoms with Gasteiger partial charge in [-0.3, -0.25) is 14.7 Å². The first kappa shape index (κ1) is 12.5. The van der Waals surface area contributed by atoms with Crippen molar-refractivity contribution in [3.05, 3.63) is 29.6 Å². The molecule has 1 aliphatic rings. The highest BCUT2D eigenvalue weighted by molar-refractivity contribution is 5.87. The van der Waals surface area contributed by atoms with Crippen LogP contribution in [0.2, 0.25) is 0 Å². The van der Waals surface area contributed by atoms with Crippen molar-refractivity contribution in [2.45, 2.75) is 13.0 Å². The largest absolute Gasteiger partial charge is 0.478 e. The highest BCUT2D eigenvalue weighted by Gasteiger charge is 2.26. The van der Waals surface area contributed by atoms with Crippen molar-refractivity contribution in [1.82, 2.24) is 9.88 Å². The van der Waals surface area contributed by atoms with Crippen LogP contribution in [0.25, 0.3) is 0 Å². The molecule has 1 amide bonds. The van der Waals surface area contributed by atoms with Crippen molar-refractivity contribution < 1.29 is 14.7 Å². The number of carboxylic acid groups (broad SMARTS) is 1. The molecule has 1 atom stereocenters. The summed E-state index contributed by atoms with van der Waals surface area (Å²) < 4.78 is 0. The molecule has 0 aliphatic carbocycles. The van der Waals surface area contributed by atoms with Gasteiger partial charge in [-0.15, -0.1) is 0 Å². The lowest BCUT2D eigenvalue weighted by Gasteiger charge is -2.14. The molecule has 2 rings (SSSR count). The monoisotopic (exact) mass is 249 g/mol.